The van der Waals surface area contributed by atoms with Crippen LogP contribution >= 0.6 is 0 Å². The minimum Gasteiger partial charge on any atom is -0.351 e. The zero-order valence-electron chi connectivity index (χ0n) is 18.7. The second kappa shape index (κ2) is 7.90. The summed E-state index contributed by atoms with van der Waals surface area (Å²) in [5.74, 6) is 1.64. The lowest BCUT2D eigenvalue weighted by Crippen LogP contribution is -2.50. The lowest BCUT2D eigenvalue weighted by Gasteiger charge is -2.36. The fraction of sp³-hybridized carbons (Fsp3) is 0.417. The van der Waals surface area contributed by atoms with Crippen LogP contribution in [0.3, 0.4) is 0 Å². The van der Waals surface area contributed by atoms with E-state index in [1.807, 2.05) is 6.20 Å². The Labute approximate surface area is 193 Å². The van der Waals surface area contributed by atoms with Gasteiger partial charge in [-0.15, -0.1) is 0 Å². The SMILES string of the molecule is C[C@@H]1CNCCN1c1nc(-c2ccnc3[nH]c(C(F)(F)F)cc23)nc2cncc(C3CCC3)c12. The molecule has 0 amide bonds. The van der Waals surface area contributed by atoms with E-state index in [2.05, 4.69) is 32.1 Å². The number of pyridine rings is 2. The van der Waals surface area contributed by atoms with Gasteiger partial charge >= 0.3 is 6.18 Å². The van der Waals surface area contributed by atoms with E-state index in [1.54, 1.807) is 12.3 Å². The highest BCUT2D eigenvalue weighted by atomic mass is 19.4. The first-order valence-corrected chi connectivity index (χ1v) is 11.6. The number of anilines is 1. The Morgan fingerprint density at radius 1 is 1.15 bits per heavy atom. The Bertz CT molecular complexity index is 1380. The van der Waals surface area contributed by atoms with Gasteiger partial charge in [-0.3, -0.25) is 4.98 Å². The number of rotatable bonds is 3. The normalized spacial score (nSPS) is 19.6. The molecule has 2 fully saturated rings. The highest BCUT2D eigenvalue weighted by Gasteiger charge is 2.34. The van der Waals surface area contributed by atoms with Crippen molar-refractivity contribution in [3.63, 3.8) is 0 Å². The van der Waals surface area contributed by atoms with Crippen LogP contribution in [-0.4, -0.2) is 50.6 Å². The summed E-state index contributed by atoms with van der Waals surface area (Å²) in [7, 11) is 0. The second-order valence-corrected chi connectivity index (χ2v) is 9.17. The summed E-state index contributed by atoms with van der Waals surface area (Å²) < 4.78 is 40.1. The minimum atomic E-state index is -4.49. The number of H-pyrrole nitrogens is 1. The molecule has 1 saturated heterocycles. The van der Waals surface area contributed by atoms with E-state index in [0.29, 0.717) is 28.2 Å². The van der Waals surface area contributed by atoms with Gasteiger partial charge in [0.05, 0.1) is 11.7 Å². The number of hydrogen-bond donors (Lipinski definition) is 2. The third-order valence-electron chi connectivity index (χ3n) is 7.01. The number of piperazine rings is 1. The predicted molar refractivity (Wildman–Crippen MR) is 124 cm³/mol. The molecule has 1 saturated carbocycles. The van der Waals surface area contributed by atoms with E-state index in [-0.39, 0.29) is 11.7 Å². The van der Waals surface area contributed by atoms with Crippen LogP contribution < -0.4 is 10.2 Å². The summed E-state index contributed by atoms with van der Waals surface area (Å²) in [5, 5.41) is 4.76. The van der Waals surface area contributed by atoms with Crippen LogP contribution in [-0.2, 0) is 6.18 Å². The Morgan fingerprint density at radius 3 is 2.74 bits per heavy atom. The van der Waals surface area contributed by atoms with E-state index >= 15 is 0 Å². The number of aromatic amines is 1. The summed E-state index contributed by atoms with van der Waals surface area (Å²) in [6.07, 6.45) is 4.08. The number of fused-ring (bicyclic) bond motifs is 2. The fourth-order valence-corrected chi connectivity index (χ4v) is 4.98. The minimum absolute atomic E-state index is 0.159. The largest absolute Gasteiger partial charge is 0.431 e. The molecule has 4 aromatic heterocycles. The van der Waals surface area contributed by atoms with Crippen molar-refractivity contribution in [2.24, 2.45) is 0 Å². The first kappa shape index (κ1) is 21.3. The molecule has 2 N–H and O–H groups in total. The monoisotopic (exact) mass is 467 g/mol. The van der Waals surface area contributed by atoms with Gasteiger partial charge in [0.2, 0.25) is 0 Å². The molecule has 0 spiro atoms. The maximum atomic E-state index is 13.4. The van der Waals surface area contributed by atoms with Crippen LogP contribution in [0, 0.1) is 0 Å². The van der Waals surface area contributed by atoms with Gasteiger partial charge < -0.3 is 15.2 Å². The molecule has 5 heterocycles. The number of nitrogens with zero attached hydrogens (tertiary/aromatic N) is 5. The van der Waals surface area contributed by atoms with Gasteiger partial charge in [0.25, 0.3) is 0 Å². The number of alkyl halides is 3. The van der Waals surface area contributed by atoms with Crippen LogP contribution in [0.2, 0.25) is 0 Å². The molecule has 0 unspecified atom stereocenters. The Kier molecular flexibility index (Phi) is 4.94. The molecule has 0 aromatic carbocycles. The average molecular weight is 467 g/mol. The van der Waals surface area contributed by atoms with Gasteiger partial charge in [0.1, 0.15) is 17.2 Å². The van der Waals surface area contributed by atoms with Gasteiger partial charge in [-0.2, -0.15) is 13.2 Å². The highest BCUT2D eigenvalue weighted by molar-refractivity contribution is 5.97. The Morgan fingerprint density at radius 2 is 2.00 bits per heavy atom. The maximum absolute atomic E-state index is 13.4. The fourth-order valence-electron chi connectivity index (χ4n) is 4.98. The summed E-state index contributed by atoms with van der Waals surface area (Å²) in [6, 6.07) is 2.97. The van der Waals surface area contributed by atoms with Gasteiger partial charge in [-0.1, -0.05) is 6.42 Å². The number of hydrogen-bond acceptors (Lipinski definition) is 6. The zero-order chi connectivity index (χ0) is 23.4. The van der Waals surface area contributed by atoms with Crippen LogP contribution in [0.4, 0.5) is 19.0 Å². The lowest BCUT2D eigenvalue weighted by molar-refractivity contribution is -0.140. The molecular formula is C24H24F3N7. The van der Waals surface area contributed by atoms with Crippen molar-refractivity contribution in [3.05, 3.63) is 42.0 Å². The quantitative estimate of drug-likeness (QED) is 0.456. The first-order chi connectivity index (χ1) is 16.4. The third kappa shape index (κ3) is 3.48. The Balaban J connectivity index is 1.59. The predicted octanol–water partition coefficient (Wildman–Crippen LogP) is 4.65. The summed E-state index contributed by atoms with van der Waals surface area (Å²) in [6.45, 7) is 4.60. The second-order valence-electron chi connectivity index (χ2n) is 9.17. The molecule has 6 rings (SSSR count). The average Bonchev–Trinajstić information content (AvgIpc) is 3.23. The molecule has 0 radical (unpaired) electrons. The van der Waals surface area contributed by atoms with Crippen molar-refractivity contribution in [2.75, 3.05) is 24.5 Å². The lowest BCUT2D eigenvalue weighted by atomic mass is 9.79. The molecule has 7 nitrogen and oxygen atoms in total. The van der Waals surface area contributed by atoms with Crippen LogP contribution in [0.5, 0.6) is 0 Å². The van der Waals surface area contributed by atoms with Gasteiger partial charge in [0, 0.05) is 54.4 Å². The summed E-state index contributed by atoms with van der Waals surface area (Å²) >= 11 is 0. The van der Waals surface area contributed by atoms with E-state index < -0.39 is 11.9 Å². The van der Waals surface area contributed by atoms with Crippen molar-refractivity contribution in [1.82, 2.24) is 30.2 Å². The van der Waals surface area contributed by atoms with E-state index in [1.165, 1.54) is 12.6 Å². The van der Waals surface area contributed by atoms with Crippen molar-refractivity contribution >= 4 is 27.8 Å². The molecule has 2 aliphatic rings. The topological polar surface area (TPSA) is 82.6 Å². The van der Waals surface area contributed by atoms with Gasteiger partial charge in [0.15, 0.2) is 5.82 Å². The van der Waals surface area contributed by atoms with Crippen LogP contribution in [0.15, 0.2) is 30.7 Å². The highest BCUT2D eigenvalue weighted by Crippen LogP contribution is 2.42. The molecule has 34 heavy (non-hydrogen) atoms. The van der Waals surface area contributed by atoms with Crippen LogP contribution in [0.1, 0.15) is 43.4 Å². The van der Waals surface area contributed by atoms with E-state index in [9.17, 15) is 13.2 Å². The molecule has 1 atom stereocenters. The number of halogens is 3. The van der Waals surface area contributed by atoms with Crippen LogP contribution in [0.25, 0.3) is 33.3 Å². The van der Waals surface area contributed by atoms with Gasteiger partial charge in [-0.25, -0.2) is 15.0 Å². The summed E-state index contributed by atoms with van der Waals surface area (Å²) in [4.78, 5) is 23.0. The Hall–Kier alpha value is -3.27. The zero-order valence-corrected chi connectivity index (χ0v) is 18.7. The first-order valence-electron chi connectivity index (χ1n) is 11.6. The molecule has 0 bridgehead atoms. The smallest absolute Gasteiger partial charge is 0.351 e. The molecule has 1 aliphatic carbocycles. The number of aromatic nitrogens is 5. The van der Waals surface area contributed by atoms with Crippen molar-refractivity contribution < 1.29 is 13.2 Å². The molecule has 4 aromatic rings. The molecule has 10 heteroatoms. The maximum Gasteiger partial charge on any atom is 0.431 e. The molecule has 176 valence electrons. The molecule has 1 aliphatic heterocycles. The standard InChI is InChI=1S/C24H24F3N7/c1-13-10-28-7-8-34(13)23-20-17(14-3-2-4-14)11-29-12-18(20)31-22(33-23)15-5-6-30-21-16(15)9-19(32-21)24(25,26)27/h5-6,9,11-14,28H,2-4,7-8,10H2,1H3,(H,30,32)/t13-/m1/s1. The van der Waals surface area contributed by atoms with E-state index in [0.717, 1.165) is 55.3 Å². The van der Waals surface area contributed by atoms with Crippen molar-refractivity contribution in [3.8, 4) is 11.4 Å². The van der Waals surface area contributed by atoms with E-state index in [4.69, 9.17) is 9.97 Å². The van der Waals surface area contributed by atoms with Crippen molar-refractivity contribution in [1.29, 1.82) is 0 Å². The van der Waals surface area contributed by atoms with Crippen molar-refractivity contribution in [2.45, 2.75) is 44.3 Å². The third-order valence-corrected chi connectivity index (χ3v) is 7.01. The number of nitrogens with one attached hydrogen (secondary N) is 2. The molecular weight excluding hydrogens is 443 g/mol. The summed E-state index contributed by atoms with van der Waals surface area (Å²) in [5.41, 5.74) is 1.71. The van der Waals surface area contributed by atoms with Gasteiger partial charge in [-0.05, 0) is 43.4 Å².